The third-order valence-corrected chi connectivity index (χ3v) is 3.77. The Morgan fingerprint density at radius 3 is 2.32 bits per heavy atom. The first-order valence-electron chi connectivity index (χ1n) is 7.77. The summed E-state index contributed by atoms with van der Waals surface area (Å²) in [5.74, 6) is -0.309. The lowest BCUT2D eigenvalue weighted by molar-refractivity contribution is -0.127. The number of nitrogens with one attached hydrogen (secondary N) is 2. The molecule has 1 aliphatic rings. The van der Waals surface area contributed by atoms with Crippen molar-refractivity contribution < 1.29 is 14.0 Å². The molecule has 120 valence electrons. The molecule has 2 rings (SSSR count). The van der Waals surface area contributed by atoms with Crippen molar-refractivity contribution in [3.05, 3.63) is 35.6 Å². The number of amides is 2. The molecule has 22 heavy (non-hydrogen) atoms. The largest absolute Gasteiger partial charge is 0.356 e. The molecule has 0 saturated heterocycles. The van der Waals surface area contributed by atoms with Gasteiger partial charge in [-0.25, -0.2) is 4.39 Å². The molecular formula is C17H23FN2O2. The molecule has 0 aliphatic heterocycles. The average molecular weight is 306 g/mol. The van der Waals surface area contributed by atoms with Crippen molar-refractivity contribution >= 4 is 11.8 Å². The SMILES string of the molecule is CC(C)CNC(=O)C1CC1C(=O)NCCc1ccc(F)cc1. The Bertz CT molecular complexity index is 528. The maximum Gasteiger partial charge on any atom is 0.223 e. The highest BCUT2D eigenvalue weighted by Crippen LogP contribution is 2.38. The van der Waals surface area contributed by atoms with Gasteiger partial charge in [-0.1, -0.05) is 26.0 Å². The Morgan fingerprint density at radius 1 is 1.14 bits per heavy atom. The standard InChI is InChI=1S/C17H23FN2O2/c1-11(2)10-20-17(22)15-9-14(15)16(21)19-8-7-12-3-5-13(18)6-4-12/h3-6,11,14-15H,7-10H2,1-2H3,(H,19,21)(H,20,22). The summed E-state index contributed by atoms with van der Waals surface area (Å²) in [7, 11) is 0. The van der Waals surface area contributed by atoms with Gasteiger partial charge in [0.25, 0.3) is 0 Å². The summed E-state index contributed by atoms with van der Waals surface area (Å²) < 4.78 is 12.8. The Hall–Kier alpha value is -1.91. The van der Waals surface area contributed by atoms with Crippen LogP contribution in [0.1, 0.15) is 25.8 Å². The van der Waals surface area contributed by atoms with Crippen LogP contribution in [0.25, 0.3) is 0 Å². The minimum Gasteiger partial charge on any atom is -0.356 e. The fourth-order valence-electron chi connectivity index (χ4n) is 2.32. The zero-order chi connectivity index (χ0) is 16.1. The number of hydrogen-bond acceptors (Lipinski definition) is 2. The van der Waals surface area contributed by atoms with Gasteiger partial charge >= 0.3 is 0 Å². The van der Waals surface area contributed by atoms with E-state index in [1.54, 1.807) is 12.1 Å². The average Bonchev–Trinajstić information content (AvgIpc) is 3.27. The second-order valence-corrected chi connectivity index (χ2v) is 6.26. The first-order chi connectivity index (χ1) is 10.5. The van der Waals surface area contributed by atoms with Crippen molar-refractivity contribution in [2.45, 2.75) is 26.7 Å². The van der Waals surface area contributed by atoms with Crippen molar-refractivity contribution in [2.24, 2.45) is 17.8 Å². The van der Waals surface area contributed by atoms with Crippen LogP contribution in [-0.4, -0.2) is 24.9 Å². The number of carbonyl (C=O) groups excluding carboxylic acids is 2. The first-order valence-corrected chi connectivity index (χ1v) is 7.77. The summed E-state index contributed by atoms with van der Waals surface area (Å²) >= 11 is 0. The summed E-state index contributed by atoms with van der Waals surface area (Å²) in [6, 6.07) is 6.24. The van der Waals surface area contributed by atoms with E-state index in [1.807, 2.05) is 13.8 Å². The van der Waals surface area contributed by atoms with E-state index in [9.17, 15) is 14.0 Å². The van der Waals surface area contributed by atoms with E-state index in [2.05, 4.69) is 10.6 Å². The van der Waals surface area contributed by atoms with E-state index in [-0.39, 0.29) is 29.5 Å². The van der Waals surface area contributed by atoms with Gasteiger partial charge < -0.3 is 10.6 Å². The Morgan fingerprint density at radius 2 is 1.73 bits per heavy atom. The summed E-state index contributed by atoms with van der Waals surface area (Å²) in [4.78, 5) is 23.8. The lowest BCUT2D eigenvalue weighted by atomic mass is 10.1. The summed E-state index contributed by atoms with van der Waals surface area (Å²) in [6.45, 7) is 5.22. The molecule has 5 heteroatoms. The monoisotopic (exact) mass is 306 g/mol. The second kappa shape index (κ2) is 7.38. The van der Waals surface area contributed by atoms with E-state index >= 15 is 0 Å². The van der Waals surface area contributed by atoms with Gasteiger partial charge in [0.05, 0.1) is 11.8 Å². The van der Waals surface area contributed by atoms with E-state index in [1.165, 1.54) is 12.1 Å². The number of halogens is 1. The summed E-state index contributed by atoms with van der Waals surface area (Å²) in [5.41, 5.74) is 0.976. The molecule has 1 aliphatic carbocycles. The van der Waals surface area contributed by atoms with Crippen molar-refractivity contribution in [1.29, 1.82) is 0 Å². The number of carbonyl (C=O) groups is 2. The molecule has 0 spiro atoms. The molecular weight excluding hydrogens is 283 g/mol. The first kappa shape index (κ1) is 16.5. The summed E-state index contributed by atoms with van der Waals surface area (Å²) in [6.07, 6.45) is 1.29. The van der Waals surface area contributed by atoms with E-state index < -0.39 is 0 Å². The molecule has 0 bridgehead atoms. The Labute approximate surface area is 130 Å². The van der Waals surface area contributed by atoms with Crippen LogP contribution >= 0.6 is 0 Å². The van der Waals surface area contributed by atoms with Crippen LogP contribution in [0.2, 0.25) is 0 Å². The predicted molar refractivity (Wildman–Crippen MR) is 82.6 cm³/mol. The van der Waals surface area contributed by atoms with Crippen LogP contribution in [0, 0.1) is 23.6 Å². The lowest BCUT2D eigenvalue weighted by Crippen LogP contribution is -2.32. The van der Waals surface area contributed by atoms with Gasteiger partial charge in [-0.05, 0) is 36.5 Å². The third-order valence-electron chi connectivity index (χ3n) is 3.77. The van der Waals surface area contributed by atoms with Gasteiger partial charge in [-0.2, -0.15) is 0 Å². The zero-order valence-corrected chi connectivity index (χ0v) is 13.1. The topological polar surface area (TPSA) is 58.2 Å². The van der Waals surface area contributed by atoms with Gasteiger partial charge in [0.2, 0.25) is 11.8 Å². The maximum absolute atomic E-state index is 12.8. The van der Waals surface area contributed by atoms with Gasteiger partial charge in [-0.15, -0.1) is 0 Å². The van der Waals surface area contributed by atoms with Crippen LogP contribution in [0.15, 0.2) is 24.3 Å². The molecule has 1 saturated carbocycles. The molecule has 1 aromatic carbocycles. The van der Waals surface area contributed by atoms with Crippen LogP contribution < -0.4 is 10.6 Å². The second-order valence-electron chi connectivity index (χ2n) is 6.26. The molecule has 2 amide bonds. The van der Waals surface area contributed by atoms with E-state index in [4.69, 9.17) is 0 Å². The van der Waals surface area contributed by atoms with Gasteiger partial charge in [0.15, 0.2) is 0 Å². The minimum atomic E-state index is -0.263. The number of rotatable bonds is 7. The molecule has 1 fully saturated rings. The number of benzene rings is 1. The molecule has 0 aromatic heterocycles. The Balaban J connectivity index is 1.66. The quantitative estimate of drug-likeness (QED) is 0.808. The highest BCUT2D eigenvalue weighted by molar-refractivity contribution is 5.92. The van der Waals surface area contributed by atoms with Crippen molar-refractivity contribution in [3.8, 4) is 0 Å². The predicted octanol–water partition coefficient (Wildman–Crippen LogP) is 1.89. The fraction of sp³-hybridized carbons (Fsp3) is 0.529. The Kier molecular flexibility index (Phi) is 5.52. The third kappa shape index (κ3) is 4.83. The summed E-state index contributed by atoms with van der Waals surface area (Å²) in [5, 5.41) is 5.71. The van der Waals surface area contributed by atoms with Crippen LogP contribution in [0.4, 0.5) is 4.39 Å². The van der Waals surface area contributed by atoms with E-state index in [0.29, 0.717) is 31.8 Å². The van der Waals surface area contributed by atoms with Gasteiger partial charge in [0, 0.05) is 13.1 Å². The molecule has 2 unspecified atom stereocenters. The molecule has 0 heterocycles. The lowest BCUT2D eigenvalue weighted by Gasteiger charge is -2.08. The molecule has 2 atom stereocenters. The molecule has 1 aromatic rings. The highest BCUT2D eigenvalue weighted by atomic mass is 19.1. The minimum absolute atomic E-state index is 0.0209. The van der Waals surface area contributed by atoms with Crippen LogP contribution in [-0.2, 0) is 16.0 Å². The highest BCUT2D eigenvalue weighted by Gasteiger charge is 2.47. The normalized spacial score (nSPS) is 19.8. The van der Waals surface area contributed by atoms with Crippen LogP contribution in [0.3, 0.4) is 0 Å². The van der Waals surface area contributed by atoms with Crippen LogP contribution in [0.5, 0.6) is 0 Å². The fourth-order valence-corrected chi connectivity index (χ4v) is 2.32. The van der Waals surface area contributed by atoms with Gasteiger partial charge in [0.1, 0.15) is 5.82 Å². The molecule has 0 radical (unpaired) electrons. The van der Waals surface area contributed by atoms with E-state index in [0.717, 1.165) is 5.56 Å². The zero-order valence-electron chi connectivity index (χ0n) is 13.1. The van der Waals surface area contributed by atoms with Crippen molar-refractivity contribution in [3.63, 3.8) is 0 Å². The molecule has 4 nitrogen and oxygen atoms in total. The van der Waals surface area contributed by atoms with Gasteiger partial charge in [-0.3, -0.25) is 9.59 Å². The maximum atomic E-state index is 12.8. The molecule has 2 N–H and O–H groups in total. The van der Waals surface area contributed by atoms with Crippen molar-refractivity contribution in [1.82, 2.24) is 10.6 Å². The smallest absolute Gasteiger partial charge is 0.223 e. The van der Waals surface area contributed by atoms with Crippen molar-refractivity contribution in [2.75, 3.05) is 13.1 Å². The number of hydrogen-bond donors (Lipinski definition) is 2.